The Labute approximate surface area is 162 Å². The zero-order valence-electron chi connectivity index (χ0n) is 15.6. The van der Waals surface area contributed by atoms with Crippen LogP contribution in [0.3, 0.4) is 0 Å². The summed E-state index contributed by atoms with van der Waals surface area (Å²) in [6.45, 7) is 8.56. The number of carbonyl (C=O) groups excluding carboxylic acids is 3. The van der Waals surface area contributed by atoms with Gasteiger partial charge in [-0.1, -0.05) is 24.3 Å². The number of hydrogen-bond donors (Lipinski definition) is 1. The molecule has 2 aromatic rings. The molecule has 0 radical (unpaired) electrons. The van der Waals surface area contributed by atoms with E-state index in [0.29, 0.717) is 17.2 Å². The summed E-state index contributed by atoms with van der Waals surface area (Å²) in [5.74, 6) is -1.27. The molecule has 0 aliphatic heterocycles. The molecule has 6 nitrogen and oxygen atoms in total. The van der Waals surface area contributed by atoms with Crippen molar-refractivity contribution in [1.82, 2.24) is 0 Å². The van der Waals surface area contributed by atoms with E-state index in [-0.39, 0.29) is 17.4 Å². The van der Waals surface area contributed by atoms with E-state index in [1.807, 2.05) is 25.1 Å². The molecule has 1 heterocycles. The lowest BCUT2D eigenvalue weighted by Gasteiger charge is -2.21. The minimum atomic E-state index is -0.638. The molecule has 7 heteroatoms. The van der Waals surface area contributed by atoms with Crippen LogP contribution in [-0.2, 0) is 14.3 Å². The molecule has 142 valence electrons. The lowest BCUT2D eigenvalue weighted by Crippen LogP contribution is -2.35. The molecule has 1 aromatic heterocycles. The van der Waals surface area contributed by atoms with Crippen molar-refractivity contribution >= 4 is 39.8 Å². The number of carbonyl (C=O) groups is 3. The van der Waals surface area contributed by atoms with Crippen molar-refractivity contribution in [3.8, 4) is 0 Å². The van der Waals surface area contributed by atoms with Gasteiger partial charge in [-0.2, -0.15) is 0 Å². The second-order valence-corrected chi connectivity index (χ2v) is 7.10. The maximum absolute atomic E-state index is 12.6. The first-order valence-electron chi connectivity index (χ1n) is 8.36. The molecule has 0 saturated heterocycles. The highest BCUT2D eigenvalue weighted by molar-refractivity contribution is 7.16. The Balaban J connectivity index is 2.13. The fourth-order valence-corrected chi connectivity index (χ4v) is 3.58. The zero-order chi connectivity index (χ0) is 20.0. The van der Waals surface area contributed by atoms with Crippen LogP contribution >= 0.6 is 11.3 Å². The summed E-state index contributed by atoms with van der Waals surface area (Å²) in [5, 5.41) is 3.07. The van der Waals surface area contributed by atoms with Crippen molar-refractivity contribution in [2.75, 3.05) is 23.4 Å². The van der Waals surface area contributed by atoms with E-state index >= 15 is 0 Å². The molecular formula is C20H22N2O4S. The van der Waals surface area contributed by atoms with E-state index in [2.05, 4.69) is 11.9 Å². The Bertz CT molecular complexity index is 858. The highest BCUT2D eigenvalue weighted by Crippen LogP contribution is 2.33. The van der Waals surface area contributed by atoms with Gasteiger partial charge >= 0.3 is 5.97 Å². The van der Waals surface area contributed by atoms with Crippen molar-refractivity contribution in [2.24, 2.45) is 0 Å². The number of amides is 2. The Morgan fingerprint density at radius 2 is 1.89 bits per heavy atom. The molecule has 1 aromatic carbocycles. The van der Waals surface area contributed by atoms with Gasteiger partial charge < -0.3 is 15.0 Å². The minimum absolute atomic E-state index is 0.275. The van der Waals surface area contributed by atoms with E-state index in [1.54, 1.807) is 25.1 Å². The average molecular weight is 386 g/mol. The van der Waals surface area contributed by atoms with Gasteiger partial charge in [0.25, 0.3) is 5.91 Å². The highest BCUT2D eigenvalue weighted by atomic mass is 32.1. The summed E-state index contributed by atoms with van der Waals surface area (Å²) in [6.07, 6.45) is 1.61. The maximum atomic E-state index is 12.6. The fourth-order valence-electron chi connectivity index (χ4n) is 2.49. The summed E-state index contributed by atoms with van der Waals surface area (Å²) >= 11 is 1.30. The Morgan fingerprint density at radius 1 is 1.22 bits per heavy atom. The molecule has 2 amide bonds. The molecule has 1 N–H and O–H groups in total. The van der Waals surface area contributed by atoms with E-state index in [9.17, 15) is 14.4 Å². The van der Waals surface area contributed by atoms with Crippen molar-refractivity contribution in [2.45, 2.75) is 20.8 Å². The third-order valence-electron chi connectivity index (χ3n) is 3.89. The molecule has 0 aliphatic carbocycles. The summed E-state index contributed by atoms with van der Waals surface area (Å²) in [7, 11) is 0. The molecule has 27 heavy (non-hydrogen) atoms. The molecular weight excluding hydrogens is 364 g/mol. The van der Waals surface area contributed by atoms with E-state index in [1.165, 1.54) is 23.2 Å². The number of para-hydroxylation sites is 1. The summed E-state index contributed by atoms with van der Waals surface area (Å²) < 4.78 is 5.25. The Morgan fingerprint density at radius 3 is 2.48 bits per heavy atom. The van der Waals surface area contributed by atoms with Crippen LogP contribution in [-0.4, -0.2) is 30.9 Å². The number of hydrogen-bond acceptors (Lipinski definition) is 5. The maximum Gasteiger partial charge on any atom is 0.341 e. The van der Waals surface area contributed by atoms with Crippen LogP contribution in [0.15, 0.2) is 43.0 Å². The monoisotopic (exact) mass is 386 g/mol. The standard InChI is InChI=1S/C20H22N2O4S/c1-5-11-22(16-9-7-6-8-10-16)17(24)12-26-20(25)18-13(2)14(3)27-19(18)21-15(4)23/h5-10H,1,11-12H2,2-4H3,(H,21,23). The number of nitrogens with one attached hydrogen (secondary N) is 1. The third kappa shape index (κ3) is 5.04. The lowest BCUT2D eigenvalue weighted by atomic mass is 10.1. The quantitative estimate of drug-likeness (QED) is 0.581. The first-order chi connectivity index (χ1) is 12.8. The normalized spacial score (nSPS) is 10.2. The predicted octanol–water partition coefficient (Wildman–Crippen LogP) is 3.70. The number of anilines is 2. The van der Waals surface area contributed by atoms with Gasteiger partial charge in [0, 0.05) is 24.0 Å². The third-order valence-corrected chi connectivity index (χ3v) is 5.01. The molecule has 2 rings (SSSR count). The largest absolute Gasteiger partial charge is 0.452 e. The number of benzene rings is 1. The second kappa shape index (κ2) is 9.14. The smallest absolute Gasteiger partial charge is 0.341 e. The van der Waals surface area contributed by atoms with Crippen LogP contribution in [0.5, 0.6) is 0 Å². The average Bonchev–Trinajstić information content (AvgIpc) is 2.91. The minimum Gasteiger partial charge on any atom is -0.452 e. The van der Waals surface area contributed by atoms with E-state index in [0.717, 1.165) is 10.4 Å². The van der Waals surface area contributed by atoms with Gasteiger partial charge in [-0.3, -0.25) is 9.59 Å². The molecule has 0 aliphatic rings. The lowest BCUT2D eigenvalue weighted by molar-refractivity contribution is -0.121. The number of esters is 1. The number of ether oxygens (including phenoxy) is 1. The van der Waals surface area contributed by atoms with Crippen molar-refractivity contribution in [1.29, 1.82) is 0 Å². The SMILES string of the molecule is C=CCN(C(=O)COC(=O)c1c(NC(C)=O)sc(C)c1C)c1ccccc1. The molecule has 0 unspecified atom stereocenters. The van der Waals surface area contributed by atoms with Crippen molar-refractivity contribution in [3.63, 3.8) is 0 Å². The van der Waals surface area contributed by atoms with Gasteiger partial charge in [0.1, 0.15) is 5.00 Å². The molecule has 0 atom stereocenters. The van der Waals surface area contributed by atoms with Crippen LogP contribution in [0.2, 0.25) is 0 Å². The van der Waals surface area contributed by atoms with Crippen LogP contribution in [0.25, 0.3) is 0 Å². The fraction of sp³-hybridized carbons (Fsp3) is 0.250. The Kier molecular flexibility index (Phi) is 6.90. The molecule has 0 bridgehead atoms. The zero-order valence-corrected chi connectivity index (χ0v) is 16.4. The second-order valence-electron chi connectivity index (χ2n) is 5.87. The summed E-state index contributed by atoms with van der Waals surface area (Å²) in [4.78, 5) is 38.9. The van der Waals surface area contributed by atoms with Gasteiger partial charge in [-0.05, 0) is 31.5 Å². The van der Waals surface area contributed by atoms with Gasteiger partial charge in [0.2, 0.25) is 5.91 Å². The van der Waals surface area contributed by atoms with Crippen LogP contribution in [0.4, 0.5) is 10.7 Å². The van der Waals surface area contributed by atoms with Gasteiger partial charge in [0.15, 0.2) is 6.61 Å². The van der Waals surface area contributed by atoms with Crippen LogP contribution < -0.4 is 10.2 Å². The van der Waals surface area contributed by atoms with Gasteiger partial charge in [-0.15, -0.1) is 17.9 Å². The van der Waals surface area contributed by atoms with Crippen LogP contribution in [0.1, 0.15) is 27.7 Å². The van der Waals surface area contributed by atoms with Gasteiger partial charge in [0.05, 0.1) is 5.56 Å². The van der Waals surface area contributed by atoms with Gasteiger partial charge in [-0.25, -0.2) is 4.79 Å². The topological polar surface area (TPSA) is 75.7 Å². The van der Waals surface area contributed by atoms with Crippen molar-refractivity contribution < 1.29 is 19.1 Å². The van der Waals surface area contributed by atoms with Crippen molar-refractivity contribution in [3.05, 3.63) is 59.0 Å². The first kappa shape index (κ1) is 20.4. The predicted molar refractivity (Wildman–Crippen MR) is 107 cm³/mol. The van der Waals surface area contributed by atoms with E-state index < -0.39 is 12.6 Å². The highest BCUT2D eigenvalue weighted by Gasteiger charge is 2.23. The number of rotatable bonds is 7. The first-order valence-corrected chi connectivity index (χ1v) is 9.17. The molecule has 0 spiro atoms. The number of aryl methyl sites for hydroxylation is 1. The van der Waals surface area contributed by atoms with Crippen LogP contribution in [0, 0.1) is 13.8 Å². The summed E-state index contributed by atoms with van der Waals surface area (Å²) in [5.41, 5.74) is 1.71. The Hall–Kier alpha value is -2.93. The van der Waals surface area contributed by atoms with E-state index in [4.69, 9.17) is 4.74 Å². The molecule has 0 saturated carbocycles. The number of thiophene rings is 1. The number of nitrogens with zero attached hydrogens (tertiary/aromatic N) is 1. The molecule has 0 fully saturated rings. The summed E-state index contributed by atoms with van der Waals surface area (Å²) in [6, 6.07) is 9.09.